The minimum Gasteiger partial charge on any atom is -0.396 e. The van der Waals surface area contributed by atoms with Crippen LogP contribution in [-0.2, 0) is 6.54 Å². The van der Waals surface area contributed by atoms with Crippen LogP contribution in [0.1, 0.15) is 36.1 Å². The fourth-order valence-corrected chi connectivity index (χ4v) is 3.30. The molecule has 2 heterocycles. The van der Waals surface area contributed by atoms with E-state index in [1.165, 1.54) is 24.1 Å². The van der Waals surface area contributed by atoms with Gasteiger partial charge in [-0.3, -0.25) is 4.90 Å². The fraction of sp³-hybridized carbons (Fsp3) is 0.615. The summed E-state index contributed by atoms with van der Waals surface area (Å²) in [6.45, 7) is 2.32. The molecule has 2 rings (SSSR count). The minimum atomic E-state index is 0.273. The zero-order valence-corrected chi connectivity index (χ0v) is 10.7. The van der Waals surface area contributed by atoms with E-state index < -0.39 is 0 Å². The average molecular weight is 250 g/mol. The standard InChI is InChI=1S/C13H18N2OS/c14-8-11-7-13(17-10-11)9-15-5-2-1-3-12(15)4-6-16/h7,10,12,16H,1-6,9H2. The lowest BCUT2D eigenvalue weighted by Gasteiger charge is -2.35. The van der Waals surface area contributed by atoms with Crippen molar-refractivity contribution in [2.45, 2.75) is 38.3 Å². The Morgan fingerprint density at radius 2 is 2.41 bits per heavy atom. The first-order chi connectivity index (χ1) is 8.33. The maximum absolute atomic E-state index is 9.08. The third kappa shape index (κ3) is 3.29. The third-order valence-corrected chi connectivity index (χ3v) is 4.27. The number of hydrogen-bond donors (Lipinski definition) is 1. The van der Waals surface area contributed by atoms with Gasteiger partial charge in [0.25, 0.3) is 0 Å². The highest BCUT2D eigenvalue weighted by Crippen LogP contribution is 2.24. The maximum Gasteiger partial charge on any atom is 0.100 e. The molecular weight excluding hydrogens is 232 g/mol. The first-order valence-electron chi connectivity index (χ1n) is 6.16. The molecule has 4 heteroatoms. The molecule has 1 N–H and O–H groups in total. The molecule has 17 heavy (non-hydrogen) atoms. The minimum absolute atomic E-state index is 0.273. The van der Waals surface area contributed by atoms with E-state index in [1.54, 1.807) is 11.3 Å². The Morgan fingerprint density at radius 3 is 3.12 bits per heavy atom. The lowest BCUT2D eigenvalue weighted by atomic mass is 9.99. The van der Waals surface area contributed by atoms with Gasteiger partial charge >= 0.3 is 0 Å². The molecule has 0 saturated carbocycles. The number of piperidine rings is 1. The number of nitrogens with zero attached hydrogens (tertiary/aromatic N) is 2. The molecule has 1 unspecified atom stereocenters. The van der Waals surface area contributed by atoms with Gasteiger partial charge < -0.3 is 5.11 Å². The van der Waals surface area contributed by atoms with Crippen LogP contribution in [0.4, 0.5) is 0 Å². The van der Waals surface area contributed by atoms with Gasteiger partial charge in [0.05, 0.1) is 5.56 Å². The Hall–Kier alpha value is -0.890. The lowest BCUT2D eigenvalue weighted by Crippen LogP contribution is -2.39. The number of aliphatic hydroxyl groups excluding tert-OH is 1. The van der Waals surface area contributed by atoms with Crippen LogP contribution in [0.15, 0.2) is 11.4 Å². The highest BCUT2D eigenvalue weighted by Gasteiger charge is 2.22. The summed E-state index contributed by atoms with van der Waals surface area (Å²) in [5.74, 6) is 0. The zero-order valence-electron chi connectivity index (χ0n) is 9.93. The summed E-state index contributed by atoms with van der Waals surface area (Å²) < 4.78 is 0. The van der Waals surface area contributed by atoms with Gasteiger partial charge in [-0.2, -0.15) is 5.26 Å². The van der Waals surface area contributed by atoms with Crippen molar-refractivity contribution >= 4 is 11.3 Å². The second kappa shape index (κ2) is 6.15. The van der Waals surface area contributed by atoms with Crippen LogP contribution in [0.5, 0.6) is 0 Å². The molecule has 1 aliphatic rings. The first-order valence-corrected chi connectivity index (χ1v) is 7.04. The van der Waals surface area contributed by atoms with Gasteiger partial charge in [-0.1, -0.05) is 6.42 Å². The molecule has 0 radical (unpaired) electrons. The van der Waals surface area contributed by atoms with Crippen molar-refractivity contribution in [2.75, 3.05) is 13.2 Å². The van der Waals surface area contributed by atoms with Crippen LogP contribution in [0.2, 0.25) is 0 Å². The largest absolute Gasteiger partial charge is 0.396 e. The molecule has 1 aromatic heterocycles. The molecule has 1 aliphatic heterocycles. The molecule has 1 aromatic rings. The Balaban J connectivity index is 1.98. The first kappa shape index (κ1) is 12.6. The molecule has 1 saturated heterocycles. The molecular formula is C13H18N2OS. The summed E-state index contributed by atoms with van der Waals surface area (Å²) in [5.41, 5.74) is 0.765. The quantitative estimate of drug-likeness (QED) is 0.892. The Kier molecular flexibility index (Phi) is 4.55. The average Bonchev–Trinajstić information content (AvgIpc) is 2.80. The van der Waals surface area contributed by atoms with Gasteiger partial charge in [0.15, 0.2) is 0 Å². The summed E-state index contributed by atoms with van der Waals surface area (Å²) in [6, 6.07) is 4.67. The number of aliphatic hydroxyl groups is 1. The number of nitriles is 1. The molecule has 0 bridgehead atoms. The van der Waals surface area contributed by atoms with Crippen molar-refractivity contribution in [3.8, 4) is 6.07 Å². The van der Waals surface area contributed by atoms with Crippen LogP contribution in [0, 0.1) is 11.3 Å². The van der Waals surface area contributed by atoms with Crippen LogP contribution >= 0.6 is 11.3 Å². The normalized spacial score (nSPS) is 21.3. The van der Waals surface area contributed by atoms with E-state index in [-0.39, 0.29) is 6.61 Å². The van der Waals surface area contributed by atoms with Gasteiger partial charge in [0, 0.05) is 29.5 Å². The number of rotatable bonds is 4. The van der Waals surface area contributed by atoms with Crippen LogP contribution in [0.25, 0.3) is 0 Å². The SMILES string of the molecule is N#Cc1csc(CN2CCCCC2CCO)c1. The van der Waals surface area contributed by atoms with E-state index in [1.807, 2.05) is 11.4 Å². The maximum atomic E-state index is 9.08. The predicted molar refractivity (Wildman–Crippen MR) is 68.8 cm³/mol. The summed E-state index contributed by atoms with van der Waals surface area (Å²) in [4.78, 5) is 3.71. The summed E-state index contributed by atoms with van der Waals surface area (Å²) >= 11 is 1.66. The van der Waals surface area contributed by atoms with Crippen molar-refractivity contribution in [1.29, 1.82) is 5.26 Å². The van der Waals surface area contributed by atoms with Crippen LogP contribution < -0.4 is 0 Å². The predicted octanol–water partition coefficient (Wildman–Crippen LogP) is 2.36. The number of hydrogen-bond acceptors (Lipinski definition) is 4. The molecule has 0 spiro atoms. The molecule has 1 fully saturated rings. The van der Waals surface area contributed by atoms with E-state index in [4.69, 9.17) is 10.4 Å². The van der Waals surface area contributed by atoms with Gasteiger partial charge in [-0.15, -0.1) is 11.3 Å². The van der Waals surface area contributed by atoms with Crippen molar-refractivity contribution < 1.29 is 5.11 Å². The third-order valence-electron chi connectivity index (χ3n) is 3.35. The molecule has 0 aromatic carbocycles. The molecule has 0 aliphatic carbocycles. The second-order valence-electron chi connectivity index (χ2n) is 4.55. The Labute approximate surface area is 106 Å². The number of thiophene rings is 1. The second-order valence-corrected chi connectivity index (χ2v) is 5.54. The van der Waals surface area contributed by atoms with E-state index in [0.29, 0.717) is 6.04 Å². The zero-order chi connectivity index (χ0) is 12.1. The molecule has 92 valence electrons. The molecule has 1 atom stereocenters. The van der Waals surface area contributed by atoms with E-state index >= 15 is 0 Å². The lowest BCUT2D eigenvalue weighted by molar-refractivity contribution is 0.113. The van der Waals surface area contributed by atoms with Gasteiger partial charge in [0.2, 0.25) is 0 Å². The van der Waals surface area contributed by atoms with Gasteiger partial charge in [-0.25, -0.2) is 0 Å². The fourth-order valence-electron chi connectivity index (χ4n) is 2.47. The summed E-state index contributed by atoms with van der Waals surface area (Å²) in [5, 5.41) is 19.8. The van der Waals surface area contributed by atoms with Crippen LogP contribution in [0.3, 0.4) is 0 Å². The van der Waals surface area contributed by atoms with Gasteiger partial charge in [0.1, 0.15) is 6.07 Å². The molecule has 3 nitrogen and oxygen atoms in total. The van der Waals surface area contributed by atoms with E-state index in [9.17, 15) is 0 Å². The smallest absolute Gasteiger partial charge is 0.100 e. The Morgan fingerprint density at radius 1 is 1.53 bits per heavy atom. The highest BCUT2D eigenvalue weighted by atomic mass is 32.1. The van der Waals surface area contributed by atoms with E-state index in [0.717, 1.165) is 25.1 Å². The molecule has 0 amide bonds. The number of likely N-dealkylation sites (tertiary alicyclic amines) is 1. The summed E-state index contributed by atoms with van der Waals surface area (Å²) in [7, 11) is 0. The van der Waals surface area contributed by atoms with Crippen molar-refractivity contribution in [1.82, 2.24) is 4.90 Å². The van der Waals surface area contributed by atoms with Crippen LogP contribution in [-0.4, -0.2) is 29.2 Å². The van der Waals surface area contributed by atoms with Crippen molar-refractivity contribution in [3.63, 3.8) is 0 Å². The van der Waals surface area contributed by atoms with Gasteiger partial charge in [-0.05, 0) is 31.9 Å². The van der Waals surface area contributed by atoms with Crippen molar-refractivity contribution in [2.24, 2.45) is 0 Å². The van der Waals surface area contributed by atoms with Crippen molar-refractivity contribution in [3.05, 3.63) is 21.9 Å². The summed E-state index contributed by atoms with van der Waals surface area (Å²) in [6.07, 6.45) is 4.58. The monoisotopic (exact) mass is 250 g/mol. The van der Waals surface area contributed by atoms with E-state index in [2.05, 4.69) is 11.0 Å². The topological polar surface area (TPSA) is 47.3 Å². The Bertz CT molecular complexity index is 394. The highest BCUT2D eigenvalue weighted by molar-refractivity contribution is 7.10.